The van der Waals surface area contributed by atoms with E-state index in [9.17, 15) is 0 Å². The molecule has 290 valence electrons. The maximum Gasteiger partial charge on any atom is 0.160 e. The molecule has 12 aromatic rings. The summed E-state index contributed by atoms with van der Waals surface area (Å²) in [7, 11) is 0. The van der Waals surface area contributed by atoms with Crippen LogP contribution in [0, 0.1) is 0 Å². The van der Waals surface area contributed by atoms with Gasteiger partial charge < -0.3 is 4.57 Å². The molecule has 0 fully saturated rings. The summed E-state index contributed by atoms with van der Waals surface area (Å²) in [6, 6.07) is 74.3. The van der Waals surface area contributed by atoms with Crippen LogP contribution in [-0.2, 0) is 0 Å². The van der Waals surface area contributed by atoms with Gasteiger partial charge in [0.15, 0.2) is 11.6 Å². The third-order valence-corrected chi connectivity index (χ3v) is 12.7. The molecular weight excluding hydrogens is 775 g/mol. The average Bonchev–Trinajstić information content (AvgIpc) is 3.88. The maximum atomic E-state index is 5.32. The van der Waals surface area contributed by atoms with Crippen molar-refractivity contribution in [3.8, 4) is 73.5 Å². The van der Waals surface area contributed by atoms with Gasteiger partial charge in [-0.3, -0.25) is 0 Å². The highest BCUT2D eigenvalue weighted by Crippen LogP contribution is 2.42. The van der Waals surface area contributed by atoms with Crippen molar-refractivity contribution in [3.05, 3.63) is 212 Å². The van der Waals surface area contributed by atoms with Crippen LogP contribution >= 0.6 is 11.3 Å². The van der Waals surface area contributed by atoms with Crippen LogP contribution in [0.5, 0.6) is 0 Å². The molecule has 0 amide bonds. The summed E-state index contributed by atoms with van der Waals surface area (Å²) in [6.45, 7) is 0. The number of hydrogen-bond donors (Lipinski definition) is 0. The zero-order valence-corrected chi connectivity index (χ0v) is 34.2. The number of para-hydroxylation sites is 1. The smallest absolute Gasteiger partial charge is 0.160 e. The monoisotopic (exact) mass is 809 g/mol. The molecule has 0 atom stereocenters. The van der Waals surface area contributed by atoms with Crippen molar-refractivity contribution in [2.24, 2.45) is 0 Å². The van der Waals surface area contributed by atoms with E-state index in [1.807, 2.05) is 35.6 Å². The standard InChI is InChI=1S/C56H35N5S/c1-5-17-36(18-6-1)47-34-48(37-19-7-2-8-20-37)58-55(57-47)40-29-41(56-59-49(38-21-9-3-10-22-38)35-50(60-56)39-23-11-4-12-24-39)31-42(30-40)61-51-27-15-13-25-43(51)45-33-54-46(32-52(45)61)44-26-14-16-28-53(44)62-54/h1-35H. The second-order valence-electron chi connectivity index (χ2n) is 15.5. The first kappa shape index (κ1) is 35.8. The molecule has 4 aromatic heterocycles. The molecule has 62 heavy (non-hydrogen) atoms. The van der Waals surface area contributed by atoms with Crippen molar-refractivity contribution in [3.63, 3.8) is 0 Å². The van der Waals surface area contributed by atoms with E-state index < -0.39 is 0 Å². The third kappa shape index (κ3) is 6.33. The third-order valence-electron chi connectivity index (χ3n) is 11.6. The Morgan fingerprint density at radius 3 is 1.23 bits per heavy atom. The predicted octanol–water partition coefficient (Wildman–Crippen LogP) is 14.7. The molecule has 0 aliphatic carbocycles. The van der Waals surface area contributed by atoms with E-state index in [-0.39, 0.29) is 0 Å². The van der Waals surface area contributed by atoms with Crippen molar-refractivity contribution in [2.75, 3.05) is 0 Å². The molecular formula is C56H35N5S. The summed E-state index contributed by atoms with van der Waals surface area (Å²) in [4.78, 5) is 21.3. The second-order valence-corrected chi connectivity index (χ2v) is 16.6. The zero-order valence-electron chi connectivity index (χ0n) is 33.4. The van der Waals surface area contributed by atoms with Crippen LogP contribution in [0.3, 0.4) is 0 Å². The molecule has 4 heterocycles. The molecule has 0 saturated heterocycles. The molecule has 0 aliphatic heterocycles. The van der Waals surface area contributed by atoms with Crippen LogP contribution in [0.15, 0.2) is 212 Å². The lowest BCUT2D eigenvalue weighted by atomic mass is 10.0. The number of rotatable bonds is 7. The van der Waals surface area contributed by atoms with Gasteiger partial charge >= 0.3 is 0 Å². The lowest BCUT2D eigenvalue weighted by molar-refractivity contribution is 1.14. The van der Waals surface area contributed by atoms with Crippen LogP contribution in [0.1, 0.15) is 0 Å². The molecule has 12 rings (SSSR count). The van der Waals surface area contributed by atoms with Crippen LogP contribution in [-0.4, -0.2) is 24.5 Å². The van der Waals surface area contributed by atoms with Crippen LogP contribution in [0.2, 0.25) is 0 Å². The van der Waals surface area contributed by atoms with Gasteiger partial charge in [-0.15, -0.1) is 11.3 Å². The topological polar surface area (TPSA) is 56.5 Å². The first-order chi connectivity index (χ1) is 30.7. The molecule has 8 aromatic carbocycles. The largest absolute Gasteiger partial charge is 0.309 e. The summed E-state index contributed by atoms with van der Waals surface area (Å²) in [6.07, 6.45) is 0. The maximum absolute atomic E-state index is 5.32. The average molecular weight is 810 g/mol. The van der Waals surface area contributed by atoms with Crippen molar-refractivity contribution < 1.29 is 0 Å². The Bertz CT molecular complexity index is 3360. The van der Waals surface area contributed by atoms with Gasteiger partial charge in [-0.2, -0.15) is 0 Å². The Labute approximate surface area is 361 Å². The van der Waals surface area contributed by atoms with E-state index in [2.05, 4.69) is 193 Å². The molecule has 0 bridgehead atoms. The second kappa shape index (κ2) is 14.9. The summed E-state index contributed by atoms with van der Waals surface area (Å²) in [5.74, 6) is 1.23. The van der Waals surface area contributed by atoms with E-state index in [4.69, 9.17) is 19.9 Å². The number of thiophene rings is 1. The lowest BCUT2D eigenvalue weighted by Crippen LogP contribution is -2.01. The van der Waals surface area contributed by atoms with E-state index in [1.54, 1.807) is 0 Å². The quantitative estimate of drug-likeness (QED) is 0.161. The van der Waals surface area contributed by atoms with E-state index in [1.165, 1.54) is 30.9 Å². The minimum absolute atomic E-state index is 0.614. The predicted molar refractivity (Wildman–Crippen MR) is 257 cm³/mol. The molecule has 0 spiro atoms. The Kier molecular flexibility index (Phi) is 8.61. The number of nitrogens with zero attached hydrogens (tertiary/aromatic N) is 5. The highest BCUT2D eigenvalue weighted by molar-refractivity contribution is 7.25. The van der Waals surface area contributed by atoms with Gasteiger partial charge in [0.2, 0.25) is 0 Å². The van der Waals surface area contributed by atoms with Gasteiger partial charge in [-0.1, -0.05) is 158 Å². The fourth-order valence-corrected chi connectivity index (χ4v) is 9.77. The number of aromatic nitrogens is 5. The highest BCUT2D eigenvalue weighted by atomic mass is 32.1. The molecule has 0 unspecified atom stereocenters. The van der Waals surface area contributed by atoms with Crippen LogP contribution in [0.25, 0.3) is 115 Å². The summed E-state index contributed by atoms with van der Waals surface area (Å²) < 4.78 is 4.95. The first-order valence-electron chi connectivity index (χ1n) is 20.7. The Morgan fingerprint density at radius 2 is 0.726 bits per heavy atom. The minimum atomic E-state index is 0.614. The summed E-state index contributed by atoms with van der Waals surface area (Å²) >= 11 is 1.85. The van der Waals surface area contributed by atoms with E-state index >= 15 is 0 Å². The van der Waals surface area contributed by atoms with Gasteiger partial charge in [0, 0.05) is 70.0 Å². The Balaban J connectivity index is 1.17. The van der Waals surface area contributed by atoms with Gasteiger partial charge in [0.05, 0.1) is 33.8 Å². The summed E-state index contributed by atoms with van der Waals surface area (Å²) in [5.41, 5.74) is 12.4. The number of benzene rings is 8. The zero-order chi connectivity index (χ0) is 41.0. The fraction of sp³-hybridized carbons (Fsp3) is 0. The van der Waals surface area contributed by atoms with Crippen molar-refractivity contribution in [2.45, 2.75) is 0 Å². The van der Waals surface area contributed by atoms with Gasteiger partial charge in [-0.05, 0) is 54.6 Å². The minimum Gasteiger partial charge on any atom is -0.309 e. The van der Waals surface area contributed by atoms with E-state index in [0.717, 1.165) is 72.9 Å². The summed E-state index contributed by atoms with van der Waals surface area (Å²) in [5, 5.41) is 4.90. The molecule has 0 radical (unpaired) electrons. The van der Waals surface area contributed by atoms with Gasteiger partial charge in [0.25, 0.3) is 0 Å². The van der Waals surface area contributed by atoms with Gasteiger partial charge in [0.1, 0.15) is 0 Å². The SMILES string of the molecule is c1ccc(-c2cc(-c3ccccc3)nc(-c3cc(-c4nc(-c5ccccc5)cc(-c5ccccc5)n4)cc(-n4c5ccccc5c5cc6sc7ccccc7c6cc54)c3)n2)cc1. The van der Waals surface area contributed by atoms with Gasteiger partial charge in [-0.25, -0.2) is 19.9 Å². The molecule has 0 aliphatic rings. The lowest BCUT2D eigenvalue weighted by Gasteiger charge is -2.15. The first-order valence-corrected chi connectivity index (χ1v) is 21.5. The molecule has 6 heteroatoms. The van der Waals surface area contributed by atoms with Crippen LogP contribution in [0.4, 0.5) is 0 Å². The van der Waals surface area contributed by atoms with Crippen molar-refractivity contribution in [1.82, 2.24) is 24.5 Å². The Hall–Kier alpha value is -8.06. The van der Waals surface area contributed by atoms with Crippen molar-refractivity contribution in [1.29, 1.82) is 0 Å². The van der Waals surface area contributed by atoms with E-state index in [0.29, 0.717) is 11.6 Å². The number of hydrogen-bond acceptors (Lipinski definition) is 5. The van der Waals surface area contributed by atoms with Crippen molar-refractivity contribution >= 4 is 53.3 Å². The molecule has 5 nitrogen and oxygen atoms in total. The fourth-order valence-electron chi connectivity index (χ4n) is 8.64. The number of fused-ring (bicyclic) bond motifs is 6. The normalized spacial score (nSPS) is 11.5. The molecule has 0 N–H and O–H groups in total. The molecule has 0 saturated carbocycles. The highest BCUT2D eigenvalue weighted by Gasteiger charge is 2.20. The Morgan fingerprint density at radius 1 is 0.290 bits per heavy atom. The van der Waals surface area contributed by atoms with Crippen LogP contribution < -0.4 is 0 Å².